The van der Waals surface area contributed by atoms with Crippen molar-refractivity contribution in [2.45, 2.75) is 26.2 Å². The topological polar surface area (TPSA) is 15.8 Å². The maximum absolute atomic E-state index is 4.94. The van der Waals surface area contributed by atoms with Crippen LogP contribution in [0.1, 0.15) is 26.3 Å². The average Bonchev–Trinajstić information content (AvgIpc) is 1.86. The summed E-state index contributed by atoms with van der Waals surface area (Å²) >= 11 is 4.94. The summed E-state index contributed by atoms with van der Waals surface area (Å²) in [6, 6.07) is 3.99. The predicted molar refractivity (Wildman–Crippen MR) is 50.3 cm³/mol. The standard InChI is InChI=1S/C9H13NS/c1-9(2,3)7-4-5-8(11)10-6-7/h4-6H,1-3H3,(H,10,11). The Morgan fingerprint density at radius 2 is 1.91 bits per heavy atom. The Labute approximate surface area is 72.5 Å². The molecular formula is C9H13NS. The molecule has 0 aromatic carbocycles. The minimum atomic E-state index is 0.208. The Hall–Kier alpha value is -0.630. The van der Waals surface area contributed by atoms with Crippen molar-refractivity contribution in [3.05, 3.63) is 28.5 Å². The molecule has 1 rings (SSSR count). The zero-order valence-corrected chi connectivity index (χ0v) is 7.96. The van der Waals surface area contributed by atoms with Gasteiger partial charge in [-0.1, -0.05) is 39.1 Å². The highest BCUT2D eigenvalue weighted by atomic mass is 32.1. The molecule has 0 unspecified atom stereocenters. The Bertz CT molecular complexity index is 273. The van der Waals surface area contributed by atoms with Crippen molar-refractivity contribution in [1.29, 1.82) is 0 Å². The van der Waals surface area contributed by atoms with E-state index in [4.69, 9.17) is 12.2 Å². The lowest BCUT2D eigenvalue weighted by atomic mass is 9.88. The number of aromatic amines is 1. The summed E-state index contributed by atoms with van der Waals surface area (Å²) in [6.45, 7) is 6.54. The van der Waals surface area contributed by atoms with Gasteiger partial charge in [-0.15, -0.1) is 0 Å². The smallest absolute Gasteiger partial charge is 0.103 e. The predicted octanol–water partition coefficient (Wildman–Crippen LogP) is 3.04. The molecule has 1 aromatic heterocycles. The van der Waals surface area contributed by atoms with E-state index in [-0.39, 0.29) is 5.41 Å². The number of hydrogen-bond donors (Lipinski definition) is 1. The zero-order valence-electron chi connectivity index (χ0n) is 7.14. The summed E-state index contributed by atoms with van der Waals surface area (Å²) in [5.74, 6) is 0. The van der Waals surface area contributed by atoms with Crippen molar-refractivity contribution in [2.75, 3.05) is 0 Å². The summed E-state index contributed by atoms with van der Waals surface area (Å²) in [5, 5.41) is 0. The fourth-order valence-electron chi connectivity index (χ4n) is 0.877. The third-order valence-corrected chi connectivity index (χ3v) is 1.90. The van der Waals surface area contributed by atoms with Crippen molar-refractivity contribution < 1.29 is 0 Å². The summed E-state index contributed by atoms with van der Waals surface area (Å²) < 4.78 is 0.790. The fraction of sp³-hybridized carbons (Fsp3) is 0.444. The number of aromatic nitrogens is 1. The Morgan fingerprint density at radius 1 is 1.27 bits per heavy atom. The van der Waals surface area contributed by atoms with E-state index in [0.717, 1.165) is 4.64 Å². The van der Waals surface area contributed by atoms with E-state index in [1.807, 2.05) is 12.3 Å². The number of H-pyrrole nitrogens is 1. The summed E-state index contributed by atoms with van der Waals surface area (Å²) in [7, 11) is 0. The second-order valence-electron chi connectivity index (χ2n) is 3.69. The number of hydrogen-bond acceptors (Lipinski definition) is 1. The third kappa shape index (κ3) is 2.15. The van der Waals surface area contributed by atoms with Crippen LogP contribution in [0.15, 0.2) is 18.3 Å². The quantitative estimate of drug-likeness (QED) is 0.587. The average molecular weight is 167 g/mol. The molecule has 0 aliphatic heterocycles. The Kier molecular flexibility index (Phi) is 2.14. The number of nitrogens with one attached hydrogen (secondary N) is 1. The van der Waals surface area contributed by atoms with Gasteiger partial charge in [-0.25, -0.2) is 0 Å². The lowest BCUT2D eigenvalue weighted by Crippen LogP contribution is -2.10. The van der Waals surface area contributed by atoms with Gasteiger partial charge >= 0.3 is 0 Å². The molecule has 0 saturated heterocycles. The molecule has 0 atom stereocenters. The van der Waals surface area contributed by atoms with Crippen LogP contribution >= 0.6 is 12.2 Å². The van der Waals surface area contributed by atoms with Gasteiger partial charge in [-0.2, -0.15) is 0 Å². The second kappa shape index (κ2) is 2.78. The van der Waals surface area contributed by atoms with Crippen LogP contribution in [-0.4, -0.2) is 4.98 Å². The van der Waals surface area contributed by atoms with Crippen molar-refractivity contribution in [3.63, 3.8) is 0 Å². The first-order valence-electron chi connectivity index (χ1n) is 3.69. The van der Waals surface area contributed by atoms with Gasteiger partial charge in [-0.05, 0) is 17.0 Å². The van der Waals surface area contributed by atoms with Gasteiger partial charge in [0.15, 0.2) is 0 Å². The second-order valence-corrected chi connectivity index (χ2v) is 4.13. The van der Waals surface area contributed by atoms with Gasteiger partial charge in [0.2, 0.25) is 0 Å². The van der Waals surface area contributed by atoms with Gasteiger partial charge in [0, 0.05) is 6.20 Å². The summed E-state index contributed by atoms with van der Waals surface area (Å²) in [6.07, 6.45) is 1.97. The van der Waals surface area contributed by atoms with Crippen LogP contribution in [0.3, 0.4) is 0 Å². The van der Waals surface area contributed by atoms with E-state index in [0.29, 0.717) is 0 Å². The van der Waals surface area contributed by atoms with E-state index in [1.54, 1.807) is 0 Å². The van der Waals surface area contributed by atoms with E-state index < -0.39 is 0 Å². The fourth-order valence-corrected chi connectivity index (χ4v) is 1.00. The molecule has 1 N–H and O–H groups in total. The van der Waals surface area contributed by atoms with Crippen LogP contribution < -0.4 is 0 Å². The largest absolute Gasteiger partial charge is 0.353 e. The van der Waals surface area contributed by atoms with E-state index in [9.17, 15) is 0 Å². The molecule has 1 heterocycles. The maximum Gasteiger partial charge on any atom is 0.103 e. The lowest BCUT2D eigenvalue weighted by Gasteiger charge is -2.17. The van der Waals surface area contributed by atoms with Crippen molar-refractivity contribution in [3.8, 4) is 0 Å². The SMILES string of the molecule is CC(C)(C)c1ccc(=S)[nH]c1. The molecule has 0 aliphatic rings. The minimum absolute atomic E-state index is 0.208. The molecule has 1 nitrogen and oxygen atoms in total. The normalized spacial score (nSPS) is 11.5. The highest BCUT2D eigenvalue weighted by Gasteiger charge is 2.12. The molecule has 1 aromatic rings. The summed E-state index contributed by atoms with van der Waals surface area (Å²) in [4.78, 5) is 3.02. The Morgan fingerprint density at radius 3 is 2.27 bits per heavy atom. The van der Waals surface area contributed by atoms with Gasteiger partial charge in [0.1, 0.15) is 4.64 Å². The van der Waals surface area contributed by atoms with Gasteiger partial charge < -0.3 is 4.98 Å². The first-order valence-corrected chi connectivity index (χ1v) is 4.10. The van der Waals surface area contributed by atoms with Crippen molar-refractivity contribution in [1.82, 2.24) is 4.98 Å². The third-order valence-electron chi connectivity index (χ3n) is 1.65. The molecular weight excluding hydrogens is 154 g/mol. The van der Waals surface area contributed by atoms with E-state index >= 15 is 0 Å². The van der Waals surface area contributed by atoms with Crippen LogP contribution in [0.5, 0.6) is 0 Å². The van der Waals surface area contributed by atoms with Crippen LogP contribution in [0.4, 0.5) is 0 Å². The molecule has 0 spiro atoms. The van der Waals surface area contributed by atoms with Crippen LogP contribution in [-0.2, 0) is 5.41 Å². The molecule has 0 fully saturated rings. The van der Waals surface area contributed by atoms with Gasteiger partial charge in [-0.3, -0.25) is 0 Å². The van der Waals surface area contributed by atoms with Crippen LogP contribution in [0, 0.1) is 4.64 Å². The maximum atomic E-state index is 4.94. The lowest BCUT2D eigenvalue weighted by molar-refractivity contribution is 0.587. The molecule has 60 valence electrons. The molecule has 0 bridgehead atoms. The van der Waals surface area contributed by atoms with Crippen LogP contribution in [0.25, 0.3) is 0 Å². The molecule has 11 heavy (non-hydrogen) atoms. The highest BCUT2D eigenvalue weighted by molar-refractivity contribution is 7.71. The molecule has 0 amide bonds. The van der Waals surface area contributed by atoms with E-state index in [1.165, 1.54) is 5.56 Å². The first kappa shape index (κ1) is 8.47. The van der Waals surface area contributed by atoms with Gasteiger partial charge in [0.25, 0.3) is 0 Å². The monoisotopic (exact) mass is 167 g/mol. The minimum Gasteiger partial charge on any atom is -0.353 e. The first-order chi connectivity index (χ1) is 5.00. The summed E-state index contributed by atoms with van der Waals surface area (Å²) in [5.41, 5.74) is 1.49. The highest BCUT2D eigenvalue weighted by Crippen LogP contribution is 2.20. The Balaban J connectivity index is 3.09. The number of pyridine rings is 1. The van der Waals surface area contributed by atoms with E-state index in [2.05, 4.69) is 31.8 Å². The van der Waals surface area contributed by atoms with Crippen molar-refractivity contribution >= 4 is 12.2 Å². The molecule has 0 aliphatic carbocycles. The van der Waals surface area contributed by atoms with Crippen LogP contribution in [0.2, 0.25) is 0 Å². The number of rotatable bonds is 0. The van der Waals surface area contributed by atoms with Gasteiger partial charge in [0.05, 0.1) is 0 Å². The van der Waals surface area contributed by atoms with Crippen molar-refractivity contribution in [2.24, 2.45) is 0 Å². The molecule has 0 saturated carbocycles. The molecule has 0 radical (unpaired) electrons. The molecule has 2 heteroatoms. The zero-order chi connectivity index (χ0) is 8.48.